The van der Waals surface area contributed by atoms with Crippen LogP contribution in [0.3, 0.4) is 0 Å². The molecular formula is C45H31N3O2S. The molecule has 0 amide bonds. The molecule has 3 unspecified atom stereocenters. The van der Waals surface area contributed by atoms with E-state index in [9.17, 15) is 0 Å². The second-order valence-electron chi connectivity index (χ2n) is 13.3. The van der Waals surface area contributed by atoms with Crippen LogP contribution in [0, 0.1) is 0 Å². The van der Waals surface area contributed by atoms with Crippen molar-refractivity contribution in [1.82, 2.24) is 16.0 Å². The third-order valence-electron chi connectivity index (χ3n) is 10.4. The number of para-hydroxylation sites is 4. The summed E-state index contributed by atoms with van der Waals surface area (Å²) in [5.74, 6) is 0. The van der Waals surface area contributed by atoms with Gasteiger partial charge in [0.1, 0.15) is 22.3 Å². The summed E-state index contributed by atoms with van der Waals surface area (Å²) in [6, 6.07) is 53.6. The Labute approximate surface area is 297 Å². The van der Waals surface area contributed by atoms with Gasteiger partial charge in [-0.1, -0.05) is 127 Å². The Morgan fingerprint density at radius 2 is 1.02 bits per heavy atom. The number of fused-ring (bicyclic) bond motifs is 9. The molecule has 11 rings (SSSR count). The summed E-state index contributed by atoms with van der Waals surface area (Å²) in [6.45, 7) is 0. The minimum absolute atomic E-state index is 0.0870. The molecule has 1 aliphatic rings. The van der Waals surface area contributed by atoms with Gasteiger partial charge in [0.05, 0.1) is 18.5 Å². The molecule has 0 bridgehead atoms. The molecule has 0 radical (unpaired) electrons. The van der Waals surface area contributed by atoms with Gasteiger partial charge in [-0.15, -0.1) is 11.3 Å². The van der Waals surface area contributed by atoms with E-state index in [0.717, 1.165) is 55.0 Å². The first-order valence-electron chi connectivity index (χ1n) is 17.4. The second kappa shape index (κ2) is 11.4. The number of hydrogen-bond donors (Lipinski definition) is 3. The zero-order valence-electron chi connectivity index (χ0n) is 27.4. The summed E-state index contributed by atoms with van der Waals surface area (Å²) in [5.41, 5.74) is 9.41. The van der Waals surface area contributed by atoms with Crippen molar-refractivity contribution in [2.45, 2.75) is 18.5 Å². The number of furan rings is 2. The lowest BCUT2D eigenvalue weighted by atomic mass is 9.97. The van der Waals surface area contributed by atoms with Crippen molar-refractivity contribution in [3.8, 4) is 11.1 Å². The number of nitrogens with one attached hydrogen (secondary N) is 3. The van der Waals surface area contributed by atoms with Gasteiger partial charge in [0.2, 0.25) is 0 Å². The molecule has 0 aliphatic carbocycles. The largest absolute Gasteiger partial charge is 0.456 e. The number of hydrogen-bond acceptors (Lipinski definition) is 6. The van der Waals surface area contributed by atoms with Crippen LogP contribution in [0.5, 0.6) is 0 Å². The maximum absolute atomic E-state index is 6.50. The molecule has 10 aromatic rings. The van der Waals surface area contributed by atoms with Crippen LogP contribution in [0.15, 0.2) is 160 Å². The van der Waals surface area contributed by atoms with Crippen molar-refractivity contribution in [2.75, 3.05) is 0 Å². The van der Waals surface area contributed by atoms with E-state index in [1.807, 2.05) is 35.6 Å². The standard InChI is InChI=1S/C45H31N3O2S/c1-2-11-26(12-3-1)43-46-44(48-45(47-43)35-19-9-17-32-29-14-5-7-21-37(29)50-42(32)35)27-23-24-34-39(25-27)51-38-22-10-15-30(40(34)38)33-18-8-16-31-28-13-4-6-20-36(28)49-41(31)33/h1-25,43-48H. The van der Waals surface area contributed by atoms with Crippen LogP contribution in [0.25, 0.3) is 75.2 Å². The monoisotopic (exact) mass is 677 g/mol. The average molecular weight is 678 g/mol. The SMILES string of the molecule is c1ccc(C2NC(c3ccc4c(c3)sc3cccc(-c5cccc6c5oc5ccccc56)c34)NC(c3cccc4c3oc3ccccc34)N2)cc1. The van der Waals surface area contributed by atoms with Gasteiger partial charge in [0.25, 0.3) is 0 Å². The van der Waals surface area contributed by atoms with E-state index in [2.05, 4.69) is 143 Å². The molecule has 1 aliphatic heterocycles. The Hall–Kier alpha value is -5.76. The maximum atomic E-state index is 6.50. The van der Waals surface area contributed by atoms with Crippen molar-refractivity contribution in [1.29, 1.82) is 0 Å². The molecule has 6 heteroatoms. The van der Waals surface area contributed by atoms with E-state index in [1.54, 1.807) is 0 Å². The Morgan fingerprint density at radius 1 is 0.412 bits per heavy atom. The average Bonchev–Trinajstić information content (AvgIpc) is 3.89. The smallest absolute Gasteiger partial charge is 0.143 e. The van der Waals surface area contributed by atoms with Gasteiger partial charge in [0, 0.05) is 52.8 Å². The highest BCUT2D eigenvalue weighted by Gasteiger charge is 2.32. The summed E-state index contributed by atoms with van der Waals surface area (Å²) < 4.78 is 15.5. The van der Waals surface area contributed by atoms with Crippen molar-refractivity contribution in [3.63, 3.8) is 0 Å². The fourth-order valence-corrected chi connectivity index (χ4v) is 9.24. The van der Waals surface area contributed by atoms with Gasteiger partial charge < -0.3 is 8.83 Å². The predicted octanol–water partition coefficient (Wildman–Crippen LogP) is 11.7. The lowest BCUT2D eigenvalue weighted by molar-refractivity contribution is 0.203. The highest BCUT2D eigenvalue weighted by molar-refractivity contribution is 7.26. The molecule has 1 fully saturated rings. The lowest BCUT2D eigenvalue weighted by Crippen LogP contribution is -2.54. The Morgan fingerprint density at radius 3 is 1.82 bits per heavy atom. The molecule has 0 saturated carbocycles. The van der Waals surface area contributed by atoms with E-state index in [4.69, 9.17) is 8.83 Å². The molecule has 3 N–H and O–H groups in total. The van der Waals surface area contributed by atoms with E-state index in [1.165, 1.54) is 36.9 Å². The van der Waals surface area contributed by atoms with Crippen molar-refractivity contribution >= 4 is 75.4 Å². The van der Waals surface area contributed by atoms with Gasteiger partial charge >= 0.3 is 0 Å². The van der Waals surface area contributed by atoms with Crippen LogP contribution in [-0.2, 0) is 0 Å². The molecule has 1 saturated heterocycles. The van der Waals surface area contributed by atoms with Crippen molar-refractivity contribution < 1.29 is 8.83 Å². The zero-order valence-corrected chi connectivity index (χ0v) is 28.2. The molecule has 5 nitrogen and oxygen atoms in total. The molecule has 51 heavy (non-hydrogen) atoms. The topological polar surface area (TPSA) is 62.4 Å². The van der Waals surface area contributed by atoms with Crippen LogP contribution < -0.4 is 16.0 Å². The van der Waals surface area contributed by atoms with E-state index in [0.29, 0.717) is 0 Å². The second-order valence-corrected chi connectivity index (χ2v) is 14.4. The molecule has 0 spiro atoms. The minimum Gasteiger partial charge on any atom is -0.456 e. The van der Waals surface area contributed by atoms with Gasteiger partial charge in [-0.05, 0) is 41.0 Å². The Balaban J connectivity index is 1.03. The molecule has 244 valence electrons. The van der Waals surface area contributed by atoms with E-state index in [-0.39, 0.29) is 18.5 Å². The minimum atomic E-state index is -0.167. The van der Waals surface area contributed by atoms with Crippen LogP contribution in [0.2, 0.25) is 0 Å². The highest BCUT2D eigenvalue weighted by Crippen LogP contribution is 2.44. The molecule has 4 heterocycles. The Kier molecular flexibility index (Phi) is 6.48. The third kappa shape index (κ3) is 4.58. The van der Waals surface area contributed by atoms with Crippen molar-refractivity contribution in [3.05, 3.63) is 168 Å². The normalized spacial score (nSPS) is 18.2. The van der Waals surface area contributed by atoms with Gasteiger partial charge in [-0.25, -0.2) is 0 Å². The zero-order chi connectivity index (χ0) is 33.5. The first-order chi connectivity index (χ1) is 25.3. The van der Waals surface area contributed by atoms with Crippen LogP contribution in [0.1, 0.15) is 35.2 Å². The quantitative estimate of drug-likeness (QED) is 0.173. The Bertz CT molecular complexity index is 2940. The molecule has 3 atom stereocenters. The fraction of sp³-hybridized carbons (Fsp3) is 0.0667. The van der Waals surface area contributed by atoms with Crippen molar-refractivity contribution in [2.24, 2.45) is 0 Å². The highest BCUT2D eigenvalue weighted by atomic mass is 32.1. The summed E-state index contributed by atoms with van der Waals surface area (Å²) >= 11 is 1.84. The van der Waals surface area contributed by atoms with Gasteiger partial charge in [-0.3, -0.25) is 16.0 Å². The first-order valence-corrected chi connectivity index (χ1v) is 18.2. The lowest BCUT2D eigenvalue weighted by Gasteiger charge is -2.39. The third-order valence-corrected chi connectivity index (χ3v) is 11.5. The summed E-state index contributed by atoms with van der Waals surface area (Å²) in [5, 5.41) is 18.7. The number of rotatable bonds is 4. The summed E-state index contributed by atoms with van der Waals surface area (Å²) in [7, 11) is 0. The maximum Gasteiger partial charge on any atom is 0.143 e. The predicted molar refractivity (Wildman–Crippen MR) is 210 cm³/mol. The van der Waals surface area contributed by atoms with E-state index >= 15 is 0 Å². The molecule has 3 aromatic heterocycles. The number of benzene rings is 7. The number of thiophene rings is 1. The van der Waals surface area contributed by atoms with Crippen LogP contribution in [-0.4, -0.2) is 0 Å². The van der Waals surface area contributed by atoms with Crippen LogP contribution in [0.4, 0.5) is 0 Å². The first kappa shape index (κ1) is 29.0. The van der Waals surface area contributed by atoms with Crippen LogP contribution >= 0.6 is 11.3 Å². The fourth-order valence-electron chi connectivity index (χ4n) is 8.06. The molecular weight excluding hydrogens is 647 g/mol. The summed E-state index contributed by atoms with van der Waals surface area (Å²) in [6.07, 6.45) is -0.379. The molecule has 7 aromatic carbocycles. The van der Waals surface area contributed by atoms with Gasteiger partial charge in [-0.2, -0.15) is 0 Å². The van der Waals surface area contributed by atoms with Gasteiger partial charge in [0.15, 0.2) is 0 Å². The van der Waals surface area contributed by atoms with E-state index < -0.39 is 0 Å². The summed E-state index contributed by atoms with van der Waals surface area (Å²) in [4.78, 5) is 0.